The molecule has 0 amide bonds. The molecule has 0 unspecified atom stereocenters. The Bertz CT molecular complexity index is 622. The van der Waals surface area contributed by atoms with Gasteiger partial charge in [-0.25, -0.2) is 0 Å². The van der Waals surface area contributed by atoms with Crippen molar-refractivity contribution in [1.82, 2.24) is 0 Å². The van der Waals surface area contributed by atoms with Crippen LogP contribution in [0.2, 0.25) is 18.1 Å². The second-order valence-electron chi connectivity index (χ2n) is 7.76. The van der Waals surface area contributed by atoms with Crippen molar-refractivity contribution in [2.45, 2.75) is 51.4 Å². The zero-order chi connectivity index (χ0) is 15.4. The molecule has 0 saturated carbocycles. The highest BCUT2D eigenvalue weighted by Gasteiger charge is 2.47. The van der Waals surface area contributed by atoms with Crippen LogP contribution in [-0.2, 0) is 9.22 Å². The van der Waals surface area contributed by atoms with E-state index in [1.54, 1.807) is 0 Å². The van der Waals surface area contributed by atoms with Crippen molar-refractivity contribution in [3.05, 3.63) is 41.5 Å². The highest BCUT2D eigenvalue weighted by molar-refractivity contribution is 6.74. The molecule has 0 heterocycles. The highest BCUT2D eigenvalue weighted by Crippen LogP contribution is 2.53. The van der Waals surface area contributed by atoms with Gasteiger partial charge in [0.05, 0.1) is 6.10 Å². The van der Waals surface area contributed by atoms with Crippen LogP contribution in [0.5, 0.6) is 0 Å². The Labute approximate surface area is 128 Å². The number of ketones is 1. The van der Waals surface area contributed by atoms with E-state index in [4.69, 9.17) is 4.43 Å². The number of carbonyl (C=O) groups excluding carboxylic acids is 1. The van der Waals surface area contributed by atoms with Gasteiger partial charge in [-0.15, -0.1) is 0 Å². The molecular weight excluding hydrogens is 276 g/mol. The van der Waals surface area contributed by atoms with E-state index in [1.807, 2.05) is 12.1 Å². The van der Waals surface area contributed by atoms with E-state index in [9.17, 15) is 4.79 Å². The monoisotopic (exact) mass is 300 g/mol. The smallest absolute Gasteiger partial charge is 0.192 e. The highest BCUT2D eigenvalue weighted by atomic mass is 28.4. The van der Waals surface area contributed by atoms with E-state index in [0.717, 1.165) is 0 Å². The van der Waals surface area contributed by atoms with Gasteiger partial charge < -0.3 is 4.43 Å². The Hall–Kier alpha value is -1.19. The Balaban J connectivity index is 2.00. The third-order valence-electron chi connectivity index (χ3n) is 5.31. The summed E-state index contributed by atoms with van der Waals surface area (Å²) in [5.41, 5.74) is 3.68. The fourth-order valence-electron chi connectivity index (χ4n) is 3.08. The summed E-state index contributed by atoms with van der Waals surface area (Å²) in [4.78, 5) is 11.9. The van der Waals surface area contributed by atoms with E-state index in [0.29, 0.717) is 6.42 Å². The average Bonchev–Trinajstić information content (AvgIpc) is 2.87. The number of fused-ring (bicyclic) bond motifs is 3. The van der Waals surface area contributed by atoms with Gasteiger partial charge in [-0.1, -0.05) is 45.0 Å². The zero-order valence-corrected chi connectivity index (χ0v) is 14.6. The molecule has 21 heavy (non-hydrogen) atoms. The van der Waals surface area contributed by atoms with Crippen molar-refractivity contribution in [2.75, 3.05) is 0 Å². The van der Waals surface area contributed by atoms with Crippen molar-refractivity contribution in [3.63, 3.8) is 0 Å². The van der Waals surface area contributed by atoms with Crippen LogP contribution in [0.3, 0.4) is 0 Å². The first-order valence-corrected chi connectivity index (χ1v) is 10.6. The summed E-state index contributed by atoms with van der Waals surface area (Å²) in [6, 6.07) is 8.41. The van der Waals surface area contributed by atoms with Gasteiger partial charge in [0.15, 0.2) is 14.1 Å². The molecule has 2 aliphatic rings. The Morgan fingerprint density at radius 2 is 1.86 bits per heavy atom. The number of carbonyl (C=O) groups is 1. The molecule has 0 bridgehead atoms. The lowest BCUT2D eigenvalue weighted by atomic mass is 10.0. The Kier molecular flexibility index (Phi) is 3.26. The molecule has 2 nitrogen and oxygen atoms in total. The van der Waals surface area contributed by atoms with Crippen molar-refractivity contribution in [1.29, 1.82) is 0 Å². The maximum absolute atomic E-state index is 11.9. The third kappa shape index (κ3) is 2.32. The molecule has 0 aromatic heterocycles. The van der Waals surface area contributed by atoms with Crippen LogP contribution in [0.4, 0.5) is 0 Å². The number of rotatable bonds is 2. The van der Waals surface area contributed by atoms with Crippen LogP contribution < -0.4 is 0 Å². The topological polar surface area (TPSA) is 26.3 Å². The Morgan fingerprint density at radius 3 is 2.52 bits per heavy atom. The van der Waals surface area contributed by atoms with Crippen LogP contribution in [-0.4, -0.2) is 14.1 Å². The minimum atomic E-state index is -1.86. The van der Waals surface area contributed by atoms with Gasteiger partial charge in [-0.3, -0.25) is 4.79 Å². The van der Waals surface area contributed by atoms with Crippen molar-refractivity contribution in [3.8, 4) is 0 Å². The Morgan fingerprint density at radius 1 is 1.19 bits per heavy atom. The van der Waals surface area contributed by atoms with E-state index in [2.05, 4.69) is 52.1 Å². The largest absolute Gasteiger partial charge is 0.409 e. The first-order valence-electron chi connectivity index (χ1n) is 7.72. The molecule has 2 aliphatic carbocycles. The fourth-order valence-corrected chi connectivity index (χ4v) is 4.36. The van der Waals surface area contributed by atoms with Crippen molar-refractivity contribution < 1.29 is 9.22 Å². The first-order chi connectivity index (χ1) is 9.71. The molecular formula is C18H24O2Si. The molecule has 1 aromatic carbocycles. The van der Waals surface area contributed by atoms with Crippen molar-refractivity contribution in [2.24, 2.45) is 5.92 Å². The fraction of sp³-hybridized carbons (Fsp3) is 0.500. The first kappa shape index (κ1) is 14.7. The average molecular weight is 300 g/mol. The van der Waals surface area contributed by atoms with E-state index < -0.39 is 8.32 Å². The zero-order valence-electron chi connectivity index (χ0n) is 13.6. The van der Waals surface area contributed by atoms with Gasteiger partial charge in [-0.2, -0.15) is 0 Å². The second-order valence-corrected chi connectivity index (χ2v) is 12.5. The number of hydrogen-bond donors (Lipinski definition) is 0. The summed E-state index contributed by atoms with van der Waals surface area (Å²) < 4.78 is 6.70. The van der Waals surface area contributed by atoms with E-state index in [-0.39, 0.29) is 22.8 Å². The number of benzene rings is 1. The quantitative estimate of drug-likeness (QED) is 0.738. The minimum absolute atomic E-state index is 0.0554. The normalized spacial score (nSPS) is 24.8. The molecule has 2 atom stereocenters. The van der Waals surface area contributed by atoms with E-state index >= 15 is 0 Å². The van der Waals surface area contributed by atoms with Crippen LogP contribution in [0, 0.1) is 5.92 Å². The van der Waals surface area contributed by atoms with Crippen LogP contribution in [0.15, 0.2) is 30.3 Å². The van der Waals surface area contributed by atoms with Gasteiger partial charge in [-0.05, 0) is 40.9 Å². The molecule has 0 N–H and O–H groups in total. The summed E-state index contributed by atoms with van der Waals surface area (Å²) in [5, 5.41) is 0.178. The maximum atomic E-state index is 11.9. The lowest BCUT2D eigenvalue weighted by molar-refractivity contribution is -0.114. The van der Waals surface area contributed by atoms with E-state index in [1.165, 1.54) is 16.7 Å². The lowest BCUT2D eigenvalue weighted by Gasteiger charge is -2.39. The summed E-state index contributed by atoms with van der Waals surface area (Å²) in [6.07, 6.45) is 2.49. The van der Waals surface area contributed by atoms with Crippen molar-refractivity contribution >= 4 is 19.7 Å². The molecule has 0 fully saturated rings. The van der Waals surface area contributed by atoms with Crippen LogP contribution >= 0.6 is 0 Å². The standard InChI is InChI=1S/C18H24O2Si/c1-18(2,3)21(4,5)20-17-14-9-7-6-8-13(14)15-10-12(19)11-16(15)17/h6-10,16-17H,11H2,1-5H3/t16-,17-/m0/s1. The van der Waals surface area contributed by atoms with Gasteiger partial charge >= 0.3 is 0 Å². The SMILES string of the molecule is CC(C)(C)[Si](C)(C)O[C@H]1c2ccccc2C2=CC(=O)C[C@@H]21. The lowest BCUT2D eigenvalue weighted by Crippen LogP contribution is -2.42. The number of allylic oxidation sites excluding steroid dienone is 1. The third-order valence-corrected chi connectivity index (χ3v) is 9.76. The molecule has 1 aromatic rings. The molecule has 3 rings (SSSR count). The van der Waals surface area contributed by atoms with Gasteiger partial charge in [0.25, 0.3) is 0 Å². The van der Waals surface area contributed by atoms with Crippen LogP contribution in [0.1, 0.15) is 44.4 Å². The van der Waals surface area contributed by atoms with Gasteiger partial charge in [0, 0.05) is 12.3 Å². The predicted octanol–water partition coefficient (Wildman–Crippen LogP) is 4.74. The number of hydrogen-bond acceptors (Lipinski definition) is 2. The minimum Gasteiger partial charge on any atom is -0.409 e. The molecule has 112 valence electrons. The molecule has 0 radical (unpaired) electrons. The predicted molar refractivity (Wildman–Crippen MR) is 88.6 cm³/mol. The summed E-state index contributed by atoms with van der Waals surface area (Å²) >= 11 is 0. The van der Waals surface area contributed by atoms with Gasteiger partial charge in [0.2, 0.25) is 0 Å². The molecule has 0 spiro atoms. The maximum Gasteiger partial charge on any atom is 0.192 e. The molecule has 3 heteroatoms. The molecule has 0 aliphatic heterocycles. The summed E-state index contributed by atoms with van der Waals surface area (Å²) in [5.74, 6) is 0.470. The van der Waals surface area contributed by atoms with Crippen LogP contribution in [0.25, 0.3) is 5.57 Å². The molecule has 0 saturated heterocycles. The second kappa shape index (κ2) is 4.65. The summed E-state index contributed by atoms with van der Waals surface area (Å²) in [7, 11) is -1.86. The van der Waals surface area contributed by atoms with Gasteiger partial charge in [0.1, 0.15) is 0 Å². The summed E-state index contributed by atoms with van der Waals surface area (Å²) in [6.45, 7) is 11.4.